The fourth-order valence-corrected chi connectivity index (χ4v) is 3.72. The molecule has 11 nitrogen and oxygen atoms in total. The minimum Gasteiger partial charge on any atom is -0.497 e. The Morgan fingerprint density at radius 1 is 0.947 bits per heavy atom. The lowest BCUT2D eigenvalue weighted by molar-refractivity contribution is -0.122. The average Bonchev–Trinajstić information content (AvgIpc) is 3.37. The Morgan fingerprint density at radius 3 is 2.58 bits per heavy atom. The molecule has 3 aromatic carbocycles. The number of hydrogen-bond donors (Lipinski definition) is 3. The highest BCUT2D eigenvalue weighted by molar-refractivity contribution is 6.35. The Kier molecular flexibility index (Phi) is 8.96. The third-order valence-corrected chi connectivity index (χ3v) is 5.57. The maximum atomic E-state index is 12.3. The summed E-state index contributed by atoms with van der Waals surface area (Å²) in [5.41, 5.74) is 1.15. The van der Waals surface area contributed by atoms with Gasteiger partial charge in [0, 0.05) is 29.9 Å². The molecule has 38 heavy (non-hydrogen) atoms. The van der Waals surface area contributed by atoms with Crippen molar-refractivity contribution in [3.05, 3.63) is 76.8 Å². The molecule has 0 spiro atoms. The largest absolute Gasteiger partial charge is 0.497 e. The zero-order valence-corrected chi connectivity index (χ0v) is 21.7. The molecule has 0 radical (unpaired) electrons. The molecule has 4 aromatic rings. The van der Waals surface area contributed by atoms with Gasteiger partial charge in [-0.3, -0.25) is 4.79 Å². The molecular weight excluding hydrogens is 533 g/mol. The molecule has 0 saturated heterocycles. The third kappa shape index (κ3) is 7.34. The minimum absolute atomic E-state index is 0.158. The number of carbonyl (C=O) groups excluding carboxylic acids is 2. The summed E-state index contributed by atoms with van der Waals surface area (Å²) in [5, 5.41) is 21.2. The first kappa shape index (κ1) is 26.7. The van der Waals surface area contributed by atoms with Gasteiger partial charge in [-0.15, -0.1) is 10.2 Å². The van der Waals surface area contributed by atoms with Gasteiger partial charge in [0.1, 0.15) is 23.8 Å². The van der Waals surface area contributed by atoms with E-state index in [9.17, 15) is 9.59 Å². The molecule has 0 saturated carbocycles. The summed E-state index contributed by atoms with van der Waals surface area (Å²) in [6.45, 7) is 0.273. The van der Waals surface area contributed by atoms with Gasteiger partial charge in [-0.05, 0) is 47.7 Å². The highest BCUT2D eigenvalue weighted by atomic mass is 35.5. The van der Waals surface area contributed by atoms with Crippen LogP contribution in [0.4, 0.5) is 10.5 Å². The van der Waals surface area contributed by atoms with Crippen LogP contribution < -0.4 is 25.4 Å². The van der Waals surface area contributed by atoms with E-state index in [0.717, 1.165) is 0 Å². The molecule has 1 heterocycles. The number of para-hydroxylation sites is 1. The summed E-state index contributed by atoms with van der Waals surface area (Å²) in [4.78, 5) is 25.5. The first-order chi connectivity index (χ1) is 18.4. The Balaban J connectivity index is 1.27. The van der Waals surface area contributed by atoms with Crippen LogP contribution in [0.1, 0.15) is 0 Å². The number of tetrazole rings is 1. The molecular formula is C25H23Cl2N7O4. The maximum Gasteiger partial charge on any atom is 0.319 e. The quantitative estimate of drug-likeness (QED) is 0.247. The molecule has 0 unspecified atom stereocenters. The van der Waals surface area contributed by atoms with Crippen LogP contribution >= 0.6 is 23.2 Å². The van der Waals surface area contributed by atoms with Gasteiger partial charge in [-0.25, -0.2) is 4.79 Å². The van der Waals surface area contributed by atoms with Gasteiger partial charge in [-0.1, -0.05) is 41.4 Å². The molecule has 0 aliphatic heterocycles. The Morgan fingerprint density at radius 2 is 1.76 bits per heavy atom. The van der Waals surface area contributed by atoms with E-state index in [4.69, 9.17) is 32.7 Å². The molecule has 13 heteroatoms. The lowest BCUT2D eigenvalue weighted by atomic mass is 10.2. The Labute approximate surface area is 228 Å². The normalized spacial score (nSPS) is 10.5. The van der Waals surface area contributed by atoms with E-state index in [0.29, 0.717) is 38.5 Å². The van der Waals surface area contributed by atoms with Crippen LogP contribution in [0.3, 0.4) is 0 Å². The van der Waals surface area contributed by atoms with E-state index in [1.165, 1.54) is 4.80 Å². The maximum absolute atomic E-state index is 12.3. The number of ether oxygens (including phenoxy) is 2. The third-order valence-electron chi connectivity index (χ3n) is 5.04. The van der Waals surface area contributed by atoms with Gasteiger partial charge >= 0.3 is 6.03 Å². The van der Waals surface area contributed by atoms with Crippen molar-refractivity contribution in [2.75, 3.05) is 25.5 Å². The van der Waals surface area contributed by atoms with Crippen molar-refractivity contribution in [3.8, 4) is 28.6 Å². The number of rotatable bonds is 10. The number of nitrogens with one attached hydrogen (secondary N) is 3. The molecule has 0 fully saturated rings. The van der Waals surface area contributed by atoms with Crippen LogP contribution in [0.5, 0.6) is 17.2 Å². The van der Waals surface area contributed by atoms with Crippen molar-refractivity contribution >= 4 is 40.8 Å². The predicted octanol–water partition coefficient (Wildman–Crippen LogP) is 4.39. The van der Waals surface area contributed by atoms with Crippen molar-refractivity contribution in [2.45, 2.75) is 6.54 Å². The summed E-state index contributed by atoms with van der Waals surface area (Å²) >= 11 is 12.2. The van der Waals surface area contributed by atoms with Crippen LogP contribution in [0.15, 0.2) is 66.7 Å². The number of hydrogen-bond acceptors (Lipinski definition) is 7. The van der Waals surface area contributed by atoms with Crippen LogP contribution in [-0.4, -0.2) is 52.3 Å². The smallest absolute Gasteiger partial charge is 0.319 e. The number of aromatic nitrogens is 4. The zero-order chi connectivity index (χ0) is 26.9. The predicted molar refractivity (Wildman–Crippen MR) is 143 cm³/mol. The van der Waals surface area contributed by atoms with Crippen molar-refractivity contribution in [2.24, 2.45) is 0 Å². The van der Waals surface area contributed by atoms with Crippen LogP contribution in [0, 0.1) is 0 Å². The average molecular weight is 556 g/mol. The number of anilines is 1. The van der Waals surface area contributed by atoms with E-state index in [1.807, 2.05) is 0 Å². The van der Waals surface area contributed by atoms with E-state index < -0.39 is 6.03 Å². The number of carbonyl (C=O) groups is 2. The minimum atomic E-state index is -0.407. The van der Waals surface area contributed by atoms with Gasteiger partial charge in [-0.2, -0.15) is 4.80 Å². The van der Waals surface area contributed by atoms with Gasteiger partial charge in [0.2, 0.25) is 11.7 Å². The van der Waals surface area contributed by atoms with E-state index in [1.54, 1.807) is 73.8 Å². The molecule has 1 aromatic heterocycles. The lowest BCUT2D eigenvalue weighted by Crippen LogP contribution is -2.38. The summed E-state index contributed by atoms with van der Waals surface area (Å²) in [5.74, 6) is 1.43. The first-order valence-electron chi connectivity index (χ1n) is 11.4. The van der Waals surface area contributed by atoms with Gasteiger partial charge < -0.3 is 25.4 Å². The molecule has 4 rings (SSSR count). The van der Waals surface area contributed by atoms with Crippen molar-refractivity contribution in [1.82, 2.24) is 30.8 Å². The van der Waals surface area contributed by atoms with Crippen LogP contribution in [-0.2, 0) is 11.3 Å². The fraction of sp³-hybridized carbons (Fsp3) is 0.160. The van der Waals surface area contributed by atoms with Crippen LogP contribution in [0.25, 0.3) is 11.4 Å². The monoisotopic (exact) mass is 555 g/mol. The zero-order valence-electron chi connectivity index (χ0n) is 20.1. The molecule has 0 aliphatic carbocycles. The number of benzene rings is 3. The SMILES string of the molecule is COc1cccc(NC(=O)NCCNC(=O)Cn2nnc(-c3ccccc3Oc3ccc(Cl)cc3Cl)n2)c1. The topological polar surface area (TPSA) is 132 Å². The molecule has 0 bridgehead atoms. The standard InChI is InChI=1S/C25H23Cl2N7O4/c1-37-18-6-4-5-17(14-18)30-25(36)29-12-11-28-23(35)15-34-32-24(31-33-34)19-7-2-3-8-21(19)38-22-10-9-16(26)13-20(22)27/h2-10,13-14H,11-12,15H2,1H3,(H,28,35)(H2,29,30,36). The number of methoxy groups -OCH3 is 1. The van der Waals surface area contributed by atoms with E-state index in [2.05, 4.69) is 31.4 Å². The van der Waals surface area contributed by atoms with E-state index >= 15 is 0 Å². The number of nitrogens with zero attached hydrogens (tertiary/aromatic N) is 4. The number of halogens is 2. The summed E-state index contributed by atoms with van der Waals surface area (Å²) in [7, 11) is 1.55. The molecule has 3 amide bonds. The van der Waals surface area contributed by atoms with E-state index in [-0.39, 0.29) is 31.4 Å². The summed E-state index contributed by atoms with van der Waals surface area (Å²) in [6.07, 6.45) is 0. The summed E-state index contributed by atoms with van der Waals surface area (Å²) < 4.78 is 11.1. The number of amides is 3. The van der Waals surface area contributed by atoms with Gasteiger partial charge in [0.05, 0.1) is 17.7 Å². The molecule has 0 aliphatic rings. The van der Waals surface area contributed by atoms with Gasteiger partial charge in [0.15, 0.2) is 0 Å². The summed E-state index contributed by atoms with van der Waals surface area (Å²) in [6, 6.07) is 18.6. The highest BCUT2D eigenvalue weighted by Crippen LogP contribution is 2.35. The molecule has 196 valence electrons. The first-order valence-corrected chi connectivity index (χ1v) is 12.1. The number of urea groups is 1. The van der Waals surface area contributed by atoms with Crippen molar-refractivity contribution in [1.29, 1.82) is 0 Å². The van der Waals surface area contributed by atoms with Gasteiger partial charge in [0.25, 0.3) is 0 Å². The lowest BCUT2D eigenvalue weighted by Gasteiger charge is -2.10. The second kappa shape index (κ2) is 12.7. The van der Waals surface area contributed by atoms with Crippen molar-refractivity contribution < 1.29 is 19.1 Å². The Bertz CT molecular complexity index is 1430. The molecule has 3 N–H and O–H groups in total. The molecule has 0 atom stereocenters. The van der Waals surface area contributed by atoms with Crippen molar-refractivity contribution in [3.63, 3.8) is 0 Å². The van der Waals surface area contributed by atoms with Crippen LogP contribution in [0.2, 0.25) is 10.0 Å². The second-order valence-corrected chi connectivity index (χ2v) is 8.62. The second-order valence-electron chi connectivity index (χ2n) is 7.78. The highest BCUT2D eigenvalue weighted by Gasteiger charge is 2.15. The Hall–Kier alpha value is -4.35. The fourth-order valence-electron chi connectivity index (χ4n) is 3.27.